The van der Waals surface area contributed by atoms with Gasteiger partial charge in [0.25, 0.3) is 5.91 Å². The third-order valence-corrected chi connectivity index (χ3v) is 6.84. The molecule has 0 aliphatic rings. The molecule has 8 heteroatoms. The van der Waals surface area contributed by atoms with Crippen LogP contribution in [-0.2, 0) is 4.79 Å². The average molecular weight is 482 g/mol. The Balaban J connectivity index is 1.37. The number of nitrogens with zero attached hydrogens (tertiary/aromatic N) is 2. The molecule has 4 rings (SSSR count). The molecule has 4 aromatic rings. The van der Waals surface area contributed by atoms with Crippen LogP contribution in [-0.4, -0.2) is 29.5 Å². The van der Waals surface area contributed by atoms with E-state index in [0.29, 0.717) is 11.6 Å². The number of benzene rings is 3. The molecule has 0 aliphatic carbocycles. The van der Waals surface area contributed by atoms with Gasteiger partial charge in [-0.05, 0) is 35.9 Å². The van der Waals surface area contributed by atoms with E-state index in [0.717, 1.165) is 37.7 Å². The molecule has 0 aliphatic heterocycles. The SMILES string of the molecule is CCOc1ccc2ccccc2c1/C=N/NC(=O)CSc1nc(-c2ccc(Cl)cc2)cs1. The molecule has 1 aromatic heterocycles. The quantitative estimate of drug-likeness (QED) is 0.183. The Labute approximate surface area is 199 Å². The topological polar surface area (TPSA) is 63.6 Å². The predicted molar refractivity (Wildman–Crippen MR) is 134 cm³/mol. The molecule has 1 amide bonds. The molecule has 3 aromatic carbocycles. The molecule has 1 N–H and O–H groups in total. The summed E-state index contributed by atoms with van der Waals surface area (Å²) in [6.07, 6.45) is 1.64. The van der Waals surface area contributed by atoms with Gasteiger partial charge in [-0.3, -0.25) is 4.79 Å². The van der Waals surface area contributed by atoms with Crippen molar-refractivity contribution in [1.82, 2.24) is 10.4 Å². The van der Waals surface area contributed by atoms with Crippen LogP contribution in [0.25, 0.3) is 22.0 Å². The van der Waals surface area contributed by atoms with Gasteiger partial charge in [0, 0.05) is 21.5 Å². The van der Waals surface area contributed by atoms with E-state index in [2.05, 4.69) is 15.5 Å². The summed E-state index contributed by atoms with van der Waals surface area (Å²) in [6.45, 7) is 2.49. The minimum absolute atomic E-state index is 0.201. The van der Waals surface area contributed by atoms with Crippen LogP contribution >= 0.6 is 34.7 Å². The van der Waals surface area contributed by atoms with Gasteiger partial charge in [0.1, 0.15) is 5.75 Å². The molecule has 0 unspecified atom stereocenters. The van der Waals surface area contributed by atoms with Crippen molar-refractivity contribution >= 4 is 57.6 Å². The Morgan fingerprint density at radius 2 is 2.00 bits per heavy atom. The Morgan fingerprint density at radius 3 is 2.81 bits per heavy atom. The van der Waals surface area contributed by atoms with Crippen LogP contribution in [0.15, 0.2) is 75.5 Å². The van der Waals surface area contributed by atoms with Crippen molar-refractivity contribution in [2.45, 2.75) is 11.3 Å². The standard InChI is InChI=1S/C24H20ClN3O2S2/c1-2-30-22-12-9-16-5-3-4-6-19(16)20(22)13-26-28-23(29)15-32-24-27-21(14-31-24)17-7-10-18(25)11-8-17/h3-14H,2,15H2,1H3,(H,28,29)/b26-13+. The van der Waals surface area contributed by atoms with Crippen LogP contribution in [0.1, 0.15) is 12.5 Å². The first-order chi connectivity index (χ1) is 15.6. The maximum atomic E-state index is 12.3. The van der Waals surface area contributed by atoms with E-state index in [1.54, 1.807) is 6.21 Å². The summed E-state index contributed by atoms with van der Waals surface area (Å²) in [6, 6.07) is 19.5. The third-order valence-electron chi connectivity index (χ3n) is 4.56. The fourth-order valence-electron chi connectivity index (χ4n) is 3.10. The number of hydrazone groups is 1. The lowest BCUT2D eigenvalue weighted by molar-refractivity contribution is -0.118. The highest BCUT2D eigenvalue weighted by atomic mass is 35.5. The normalized spacial score (nSPS) is 11.2. The van der Waals surface area contributed by atoms with Gasteiger partial charge in [0.2, 0.25) is 0 Å². The van der Waals surface area contributed by atoms with E-state index >= 15 is 0 Å². The lowest BCUT2D eigenvalue weighted by Crippen LogP contribution is -2.19. The van der Waals surface area contributed by atoms with E-state index < -0.39 is 0 Å². The highest BCUT2D eigenvalue weighted by Crippen LogP contribution is 2.29. The molecule has 0 saturated heterocycles. The Kier molecular flexibility index (Phi) is 7.42. The summed E-state index contributed by atoms with van der Waals surface area (Å²) in [5.74, 6) is 0.752. The van der Waals surface area contributed by atoms with Gasteiger partial charge in [0.05, 0.1) is 24.3 Å². The second-order valence-electron chi connectivity index (χ2n) is 6.72. The Bertz CT molecular complexity index is 1260. The number of thioether (sulfide) groups is 1. The van der Waals surface area contributed by atoms with E-state index in [1.165, 1.54) is 23.1 Å². The highest BCUT2D eigenvalue weighted by Gasteiger charge is 2.09. The van der Waals surface area contributed by atoms with Crippen molar-refractivity contribution in [2.24, 2.45) is 5.10 Å². The summed E-state index contributed by atoms with van der Waals surface area (Å²) < 4.78 is 6.55. The van der Waals surface area contributed by atoms with Crippen molar-refractivity contribution in [3.05, 3.63) is 76.6 Å². The Morgan fingerprint density at radius 1 is 1.19 bits per heavy atom. The van der Waals surface area contributed by atoms with Crippen LogP contribution in [0.5, 0.6) is 5.75 Å². The average Bonchev–Trinajstić information content (AvgIpc) is 3.28. The van der Waals surface area contributed by atoms with E-state index in [4.69, 9.17) is 16.3 Å². The number of rotatable bonds is 8. The van der Waals surface area contributed by atoms with Crippen molar-refractivity contribution in [2.75, 3.05) is 12.4 Å². The summed E-state index contributed by atoms with van der Waals surface area (Å²) in [5.41, 5.74) is 5.29. The van der Waals surface area contributed by atoms with Gasteiger partial charge in [-0.1, -0.05) is 65.8 Å². The molecular formula is C24H20ClN3O2S2. The number of hydrogen-bond donors (Lipinski definition) is 1. The number of carbonyl (C=O) groups excluding carboxylic acids is 1. The van der Waals surface area contributed by atoms with Crippen molar-refractivity contribution in [3.63, 3.8) is 0 Å². The van der Waals surface area contributed by atoms with Gasteiger partial charge >= 0.3 is 0 Å². The molecular weight excluding hydrogens is 462 g/mol. The maximum absolute atomic E-state index is 12.3. The highest BCUT2D eigenvalue weighted by molar-refractivity contribution is 8.01. The first-order valence-corrected chi connectivity index (χ1v) is 12.2. The summed E-state index contributed by atoms with van der Waals surface area (Å²) in [4.78, 5) is 16.9. The molecule has 0 saturated carbocycles. The number of fused-ring (bicyclic) bond motifs is 1. The zero-order chi connectivity index (χ0) is 22.3. The smallest absolute Gasteiger partial charge is 0.250 e. The number of aromatic nitrogens is 1. The molecule has 32 heavy (non-hydrogen) atoms. The number of hydrogen-bond acceptors (Lipinski definition) is 6. The molecule has 5 nitrogen and oxygen atoms in total. The summed E-state index contributed by atoms with van der Waals surface area (Å²) in [5, 5.41) is 8.92. The number of carbonyl (C=O) groups is 1. The minimum atomic E-state index is -0.201. The Hall–Kier alpha value is -2.87. The lowest BCUT2D eigenvalue weighted by Gasteiger charge is -2.10. The zero-order valence-electron chi connectivity index (χ0n) is 17.2. The van der Waals surface area contributed by atoms with E-state index in [9.17, 15) is 4.79 Å². The number of nitrogens with one attached hydrogen (secondary N) is 1. The van der Waals surface area contributed by atoms with Crippen molar-refractivity contribution < 1.29 is 9.53 Å². The largest absolute Gasteiger partial charge is 0.493 e. The molecule has 0 spiro atoms. The van der Waals surface area contributed by atoms with Gasteiger partial charge in [-0.15, -0.1) is 11.3 Å². The molecule has 1 heterocycles. The van der Waals surface area contributed by atoms with Gasteiger partial charge in [-0.2, -0.15) is 5.10 Å². The maximum Gasteiger partial charge on any atom is 0.250 e. The molecule has 0 radical (unpaired) electrons. The van der Waals surface area contributed by atoms with Crippen molar-refractivity contribution in [3.8, 4) is 17.0 Å². The monoisotopic (exact) mass is 481 g/mol. The fourth-order valence-corrected chi connectivity index (χ4v) is 4.85. The first kappa shape index (κ1) is 22.3. The number of thiazole rings is 1. The third kappa shape index (κ3) is 5.48. The van der Waals surface area contributed by atoms with Gasteiger partial charge in [0.15, 0.2) is 4.34 Å². The molecule has 0 fully saturated rings. The molecule has 0 atom stereocenters. The van der Waals surface area contributed by atoms with Crippen LogP contribution in [0.4, 0.5) is 0 Å². The number of ether oxygens (including phenoxy) is 1. The van der Waals surface area contributed by atoms with E-state index in [1.807, 2.05) is 73.0 Å². The predicted octanol–water partition coefficient (Wildman–Crippen LogP) is 6.26. The van der Waals surface area contributed by atoms with Gasteiger partial charge in [-0.25, -0.2) is 10.4 Å². The minimum Gasteiger partial charge on any atom is -0.493 e. The van der Waals surface area contributed by atoms with Crippen LogP contribution in [0.2, 0.25) is 5.02 Å². The summed E-state index contributed by atoms with van der Waals surface area (Å²) in [7, 11) is 0. The second-order valence-corrected chi connectivity index (χ2v) is 9.24. The number of amides is 1. The fraction of sp³-hybridized carbons (Fsp3) is 0.125. The molecule has 0 bridgehead atoms. The second kappa shape index (κ2) is 10.6. The van der Waals surface area contributed by atoms with Gasteiger partial charge < -0.3 is 4.74 Å². The molecule has 162 valence electrons. The summed E-state index contributed by atoms with van der Waals surface area (Å²) >= 11 is 8.82. The number of halogens is 1. The first-order valence-electron chi connectivity index (χ1n) is 9.94. The van der Waals surface area contributed by atoms with Crippen LogP contribution in [0.3, 0.4) is 0 Å². The lowest BCUT2D eigenvalue weighted by atomic mass is 10.0. The van der Waals surface area contributed by atoms with Crippen LogP contribution < -0.4 is 10.2 Å². The van der Waals surface area contributed by atoms with E-state index in [-0.39, 0.29) is 11.7 Å². The van der Waals surface area contributed by atoms with Crippen LogP contribution in [0, 0.1) is 0 Å². The van der Waals surface area contributed by atoms with Crippen molar-refractivity contribution in [1.29, 1.82) is 0 Å². The zero-order valence-corrected chi connectivity index (χ0v) is 19.6.